The van der Waals surface area contributed by atoms with Crippen LogP contribution in [-0.2, 0) is 12.8 Å². The third kappa shape index (κ3) is 5.33. The van der Waals surface area contributed by atoms with Gasteiger partial charge in [0.25, 0.3) is 6.43 Å². The highest BCUT2D eigenvalue weighted by Gasteiger charge is 2.34. The van der Waals surface area contributed by atoms with Crippen LogP contribution in [0.5, 0.6) is 5.88 Å². The predicted octanol–water partition coefficient (Wildman–Crippen LogP) is 3.13. The Hall–Kier alpha value is -1.34. The molecule has 1 aromatic heterocycles. The van der Waals surface area contributed by atoms with Crippen molar-refractivity contribution in [1.82, 2.24) is 9.88 Å². The largest absolute Gasteiger partial charge is 0.472 e. The summed E-state index contributed by atoms with van der Waals surface area (Å²) in [7, 11) is 0. The fraction of sp³-hybridized carbons (Fsp3) is 0.737. The molecule has 0 atom stereocenters. The number of ether oxygens (including phenoxy) is 1. The van der Waals surface area contributed by atoms with E-state index < -0.39 is 18.7 Å². The molecule has 1 fully saturated rings. The van der Waals surface area contributed by atoms with Gasteiger partial charge in [-0.1, -0.05) is 6.07 Å². The molecule has 0 spiro atoms. The normalized spacial score (nSPS) is 27.2. The van der Waals surface area contributed by atoms with E-state index in [9.17, 15) is 13.2 Å². The second-order valence-corrected chi connectivity index (χ2v) is 7.54. The fourth-order valence-electron chi connectivity index (χ4n) is 3.83. The fourth-order valence-corrected chi connectivity index (χ4v) is 3.83. The molecule has 1 aromatic rings. The minimum atomic E-state index is -2.51. The lowest BCUT2D eigenvalue weighted by molar-refractivity contribution is 0.0742. The van der Waals surface area contributed by atoms with Crippen LogP contribution in [0.2, 0.25) is 0 Å². The van der Waals surface area contributed by atoms with Crippen molar-refractivity contribution in [1.29, 1.82) is 0 Å². The van der Waals surface area contributed by atoms with E-state index in [1.54, 1.807) is 6.07 Å². The van der Waals surface area contributed by atoms with Crippen molar-refractivity contribution in [2.75, 3.05) is 26.2 Å². The maximum absolute atomic E-state index is 14.9. The van der Waals surface area contributed by atoms with Crippen LogP contribution >= 0.6 is 0 Å². The Kier molecular flexibility index (Phi) is 6.40. The third-order valence-corrected chi connectivity index (χ3v) is 5.56. The molecule has 26 heavy (non-hydrogen) atoms. The molecule has 1 saturated carbocycles. The average Bonchev–Trinajstić information content (AvgIpc) is 2.83. The van der Waals surface area contributed by atoms with Gasteiger partial charge in [0.05, 0.1) is 0 Å². The van der Waals surface area contributed by atoms with Crippen LogP contribution in [-0.4, -0.2) is 54.3 Å². The Labute approximate surface area is 152 Å². The first-order chi connectivity index (χ1) is 12.4. The van der Waals surface area contributed by atoms with Gasteiger partial charge in [-0.15, -0.1) is 0 Å². The number of fused-ring (bicyclic) bond motifs is 1. The lowest BCUT2D eigenvalue weighted by Crippen LogP contribution is -2.39. The van der Waals surface area contributed by atoms with Crippen molar-refractivity contribution >= 4 is 0 Å². The van der Waals surface area contributed by atoms with Crippen molar-refractivity contribution in [3.8, 4) is 5.88 Å². The second kappa shape index (κ2) is 8.57. The second-order valence-electron chi connectivity index (χ2n) is 7.54. The molecule has 0 unspecified atom stereocenters. The van der Waals surface area contributed by atoms with Crippen LogP contribution in [0.4, 0.5) is 13.2 Å². The minimum absolute atomic E-state index is 0.152. The zero-order valence-electron chi connectivity index (χ0n) is 15.1. The first-order valence-corrected chi connectivity index (χ1v) is 9.50. The highest BCUT2D eigenvalue weighted by atomic mass is 19.3. The van der Waals surface area contributed by atoms with E-state index in [2.05, 4.69) is 9.88 Å². The number of hydrogen-bond donors (Lipinski definition) is 1. The Bertz CT molecular complexity index is 591. The van der Waals surface area contributed by atoms with Crippen LogP contribution in [0, 0.1) is 0 Å². The molecule has 7 heteroatoms. The van der Waals surface area contributed by atoms with E-state index in [-0.39, 0.29) is 11.9 Å². The number of halogens is 3. The van der Waals surface area contributed by atoms with Crippen LogP contribution in [0.3, 0.4) is 0 Å². The number of nitrogens with zero attached hydrogens (tertiary/aromatic N) is 2. The Morgan fingerprint density at radius 1 is 1.23 bits per heavy atom. The topological polar surface area (TPSA) is 51.4 Å². The molecule has 4 nitrogen and oxygen atoms in total. The zero-order valence-corrected chi connectivity index (χ0v) is 15.1. The maximum atomic E-state index is 14.9. The molecule has 3 rings (SSSR count). The number of nitrogens with two attached hydrogens (primary N) is 1. The van der Waals surface area contributed by atoms with Gasteiger partial charge >= 0.3 is 0 Å². The van der Waals surface area contributed by atoms with E-state index in [0.717, 1.165) is 56.6 Å². The monoisotopic (exact) mass is 371 g/mol. The molecule has 1 aliphatic heterocycles. The summed E-state index contributed by atoms with van der Waals surface area (Å²) in [5.41, 5.74) is 6.82. The van der Waals surface area contributed by atoms with Gasteiger partial charge in [-0.25, -0.2) is 18.2 Å². The highest BCUT2D eigenvalue weighted by Crippen LogP contribution is 2.34. The number of aromatic nitrogens is 1. The molecular weight excluding hydrogens is 343 g/mol. The van der Waals surface area contributed by atoms with Gasteiger partial charge in [-0.3, -0.25) is 0 Å². The van der Waals surface area contributed by atoms with Crippen molar-refractivity contribution < 1.29 is 17.9 Å². The average molecular weight is 371 g/mol. The van der Waals surface area contributed by atoms with Crippen molar-refractivity contribution in [2.24, 2.45) is 5.73 Å². The van der Waals surface area contributed by atoms with Crippen molar-refractivity contribution in [3.63, 3.8) is 0 Å². The first-order valence-electron chi connectivity index (χ1n) is 9.50. The number of hydrogen-bond acceptors (Lipinski definition) is 4. The number of pyridine rings is 1. The summed E-state index contributed by atoms with van der Waals surface area (Å²) in [5, 5.41) is 0. The maximum Gasteiger partial charge on any atom is 0.272 e. The molecular formula is C19H28F3N3O. The van der Waals surface area contributed by atoms with Crippen molar-refractivity contribution in [3.05, 3.63) is 23.4 Å². The van der Waals surface area contributed by atoms with Gasteiger partial charge < -0.3 is 15.4 Å². The summed E-state index contributed by atoms with van der Waals surface area (Å²) >= 11 is 0. The molecule has 2 N–H and O–H groups in total. The SMILES string of the molecule is NC1CCC(F)(CCN2CCc3ccc(OCC(F)F)nc3CC2)CC1. The van der Waals surface area contributed by atoms with Gasteiger partial charge in [0.2, 0.25) is 5.88 Å². The molecule has 0 amide bonds. The van der Waals surface area contributed by atoms with Gasteiger partial charge in [-0.2, -0.15) is 0 Å². The van der Waals surface area contributed by atoms with E-state index in [1.807, 2.05) is 6.07 Å². The smallest absolute Gasteiger partial charge is 0.272 e. The van der Waals surface area contributed by atoms with Crippen LogP contribution in [0.25, 0.3) is 0 Å². The summed E-state index contributed by atoms with van der Waals surface area (Å²) in [6.07, 6.45) is 2.27. The van der Waals surface area contributed by atoms with Crippen LogP contribution < -0.4 is 10.5 Å². The summed E-state index contributed by atoms with van der Waals surface area (Å²) < 4.78 is 44.5. The molecule has 2 heterocycles. The van der Waals surface area contributed by atoms with Gasteiger partial charge in [0.1, 0.15) is 5.67 Å². The summed E-state index contributed by atoms with van der Waals surface area (Å²) in [6.45, 7) is 1.75. The highest BCUT2D eigenvalue weighted by molar-refractivity contribution is 5.27. The quantitative estimate of drug-likeness (QED) is 0.835. The molecule has 2 aliphatic rings. The van der Waals surface area contributed by atoms with Gasteiger partial charge in [0.15, 0.2) is 6.61 Å². The van der Waals surface area contributed by atoms with Crippen LogP contribution in [0.15, 0.2) is 12.1 Å². The summed E-state index contributed by atoms with van der Waals surface area (Å²) in [4.78, 5) is 6.66. The standard InChI is InChI=1S/C19H28F3N3O/c20-17(21)13-26-18-2-1-14-5-10-25(11-6-16(14)24-18)12-9-19(22)7-3-15(23)4-8-19/h1-2,15,17H,3-13,23H2. The Morgan fingerprint density at radius 3 is 2.69 bits per heavy atom. The lowest BCUT2D eigenvalue weighted by atomic mass is 9.82. The van der Waals surface area contributed by atoms with E-state index in [0.29, 0.717) is 19.3 Å². The molecule has 1 aliphatic carbocycles. The minimum Gasteiger partial charge on any atom is -0.472 e. The Morgan fingerprint density at radius 2 is 1.96 bits per heavy atom. The van der Waals surface area contributed by atoms with E-state index in [1.165, 1.54) is 0 Å². The lowest BCUT2D eigenvalue weighted by Gasteiger charge is -2.34. The third-order valence-electron chi connectivity index (χ3n) is 5.56. The summed E-state index contributed by atoms with van der Waals surface area (Å²) in [6, 6.07) is 3.71. The molecule has 0 radical (unpaired) electrons. The summed E-state index contributed by atoms with van der Waals surface area (Å²) in [5.74, 6) is 0.249. The number of rotatable bonds is 6. The zero-order chi connectivity index (χ0) is 18.6. The van der Waals surface area contributed by atoms with Crippen molar-refractivity contribution in [2.45, 2.75) is 63.1 Å². The predicted molar refractivity (Wildman–Crippen MR) is 94.5 cm³/mol. The Balaban J connectivity index is 1.51. The van der Waals surface area contributed by atoms with Gasteiger partial charge in [-0.05, 0) is 44.1 Å². The molecule has 0 aromatic carbocycles. The molecule has 0 bridgehead atoms. The molecule has 146 valence electrons. The molecule has 0 saturated heterocycles. The van der Waals surface area contributed by atoms with Gasteiger partial charge in [0, 0.05) is 43.9 Å². The first kappa shape index (κ1) is 19.4. The van der Waals surface area contributed by atoms with E-state index in [4.69, 9.17) is 10.5 Å². The number of alkyl halides is 3. The van der Waals surface area contributed by atoms with Crippen LogP contribution in [0.1, 0.15) is 43.4 Å². The van der Waals surface area contributed by atoms with E-state index >= 15 is 0 Å².